The van der Waals surface area contributed by atoms with E-state index < -0.39 is 0 Å². The number of benzene rings is 2. The quantitative estimate of drug-likeness (QED) is 0.348. The van der Waals surface area contributed by atoms with Crippen molar-refractivity contribution in [1.29, 1.82) is 0 Å². The monoisotopic (exact) mass is 444 g/mol. The molecular formula is C24H21ClN6O. The predicted molar refractivity (Wildman–Crippen MR) is 128 cm³/mol. The number of anilines is 5. The van der Waals surface area contributed by atoms with Crippen LogP contribution >= 0.6 is 11.6 Å². The summed E-state index contributed by atoms with van der Waals surface area (Å²) in [5.41, 5.74) is 3.55. The summed E-state index contributed by atoms with van der Waals surface area (Å²) in [6.07, 6.45) is 3.50. The standard InChI is InChI=1S/C24H21ClN6O/c1-16-10-11-26-21(12-16)31-23-14-22(27-15-28-23)29-19-6-8-20(9-7-19)30-24(32)13-17-2-4-18(25)5-3-17/h2-12,14-15H,13H2,1H3,(H,30,32)(H2,26,27,28,29,31). The summed E-state index contributed by atoms with van der Waals surface area (Å²) in [7, 11) is 0. The first-order valence-electron chi connectivity index (χ1n) is 9.97. The lowest BCUT2D eigenvalue weighted by atomic mass is 10.1. The number of pyridine rings is 1. The first-order chi connectivity index (χ1) is 15.5. The molecule has 3 N–H and O–H groups in total. The molecule has 0 aliphatic heterocycles. The number of halogens is 1. The molecule has 0 atom stereocenters. The molecule has 0 bridgehead atoms. The summed E-state index contributed by atoms with van der Waals surface area (Å²) >= 11 is 5.88. The Balaban J connectivity index is 1.35. The zero-order chi connectivity index (χ0) is 22.3. The maximum Gasteiger partial charge on any atom is 0.228 e. The number of nitrogens with one attached hydrogen (secondary N) is 3. The van der Waals surface area contributed by atoms with Gasteiger partial charge in [0.1, 0.15) is 23.8 Å². The van der Waals surface area contributed by atoms with E-state index in [2.05, 4.69) is 30.9 Å². The molecule has 0 unspecified atom stereocenters. The van der Waals surface area contributed by atoms with Gasteiger partial charge in [0.2, 0.25) is 5.91 Å². The van der Waals surface area contributed by atoms with Crippen LogP contribution in [-0.4, -0.2) is 20.9 Å². The van der Waals surface area contributed by atoms with Crippen molar-refractivity contribution in [3.05, 3.63) is 95.4 Å². The van der Waals surface area contributed by atoms with Crippen molar-refractivity contribution in [2.45, 2.75) is 13.3 Å². The van der Waals surface area contributed by atoms with Gasteiger partial charge in [0.05, 0.1) is 6.42 Å². The Kier molecular flexibility index (Phi) is 6.57. The van der Waals surface area contributed by atoms with E-state index in [4.69, 9.17) is 11.6 Å². The number of hydrogen-bond donors (Lipinski definition) is 3. The second kappa shape index (κ2) is 9.89. The zero-order valence-electron chi connectivity index (χ0n) is 17.3. The van der Waals surface area contributed by atoms with E-state index in [1.807, 2.05) is 55.5 Å². The largest absolute Gasteiger partial charge is 0.340 e. The third-order valence-electron chi connectivity index (χ3n) is 4.56. The highest BCUT2D eigenvalue weighted by molar-refractivity contribution is 6.30. The number of amides is 1. The molecule has 0 aliphatic carbocycles. The third kappa shape index (κ3) is 6.02. The molecule has 0 spiro atoms. The van der Waals surface area contributed by atoms with Crippen LogP contribution in [0.5, 0.6) is 0 Å². The van der Waals surface area contributed by atoms with E-state index >= 15 is 0 Å². The minimum absolute atomic E-state index is 0.0932. The Bertz CT molecular complexity index is 1210. The summed E-state index contributed by atoms with van der Waals surface area (Å²) in [5.74, 6) is 1.89. The second-order valence-electron chi connectivity index (χ2n) is 7.19. The number of nitrogens with zero attached hydrogens (tertiary/aromatic N) is 3. The van der Waals surface area contributed by atoms with Crippen molar-refractivity contribution in [3.8, 4) is 0 Å². The van der Waals surface area contributed by atoms with Gasteiger partial charge in [-0.05, 0) is 66.6 Å². The third-order valence-corrected chi connectivity index (χ3v) is 4.81. The summed E-state index contributed by atoms with van der Waals surface area (Å²) in [5, 5.41) is 9.94. The molecule has 7 nitrogen and oxygen atoms in total. The lowest BCUT2D eigenvalue weighted by Gasteiger charge is -2.10. The van der Waals surface area contributed by atoms with Gasteiger partial charge in [-0.25, -0.2) is 15.0 Å². The van der Waals surface area contributed by atoms with Crippen LogP contribution in [0.2, 0.25) is 5.02 Å². The zero-order valence-corrected chi connectivity index (χ0v) is 18.1. The average molecular weight is 445 g/mol. The van der Waals surface area contributed by atoms with Crippen LogP contribution in [0.3, 0.4) is 0 Å². The van der Waals surface area contributed by atoms with Crippen LogP contribution in [0.1, 0.15) is 11.1 Å². The molecule has 0 saturated carbocycles. The number of carbonyl (C=O) groups is 1. The van der Waals surface area contributed by atoms with Crippen molar-refractivity contribution in [1.82, 2.24) is 15.0 Å². The van der Waals surface area contributed by atoms with Gasteiger partial charge < -0.3 is 16.0 Å². The summed E-state index contributed by atoms with van der Waals surface area (Å²) in [4.78, 5) is 25.0. The van der Waals surface area contributed by atoms with Gasteiger partial charge in [0, 0.05) is 28.7 Å². The fraction of sp³-hybridized carbons (Fsp3) is 0.0833. The lowest BCUT2D eigenvalue weighted by molar-refractivity contribution is -0.115. The molecule has 0 radical (unpaired) electrons. The van der Waals surface area contributed by atoms with Crippen LogP contribution < -0.4 is 16.0 Å². The molecule has 4 rings (SSSR count). The Labute approximate surface area is 190 Å². The Morgan fingerprint density at radius 2 is 1.47 bits per heavy atom. The lowest BCUT2D eigenvalue weighted by Crippen LogP contribution is -2.14. The first kappa shape index (κ1) is 21.3. The van der Waals surface area contributed by atoms with Crippen molar-refractivity contribution in [2.75, 3.05) is 16.0 Å². The summed E-state index contributed by atoms with van der Waals surface area (Å²) in [6, 6.07) is 20.3. The molecular weight excluding hydrogens is 424 g/mol. The fourth-order valence-electron chi connectivity index (χ4n) is 3.01. The van der Waals surface area contributed by atoms with E-state index in [1.54, 1.807) is 24.4 Å². The fourth-order valence-corrected chi connectivity index (χ4v) is 3.13. The number of rotatable bonds is 7. The van der Waals surface area contributed by atoms with Gasteiger partial charge in [0.15, 0.2) is 0 Å². The molecule has 2 aromatic carbocycles. The summed E-state index contributed by atoms with van der Waals surface area (Å²) < 4.78 is 0. The molecule has 2 aromatic heterocycles. The van der Waals surface area contributed by atoms with Crippen LogP contribution in [0.4, 0.5) is 28.8 Å². The normalized spacial score (nSPS) is 10.4. The minimum Gasteiger partial charge on any atom is -0.340 e. The van der Waals surface area contributed by atoms with Crippen LogP contribution in [0.25, 0.3) is 0 Å². The van der Waals surface area contributed by atoms with E-state index in [9.17, 15) is 4.79 Å². The van der Waals surface area contributed by atoms with Gasteiger partial charge in [-0.15, -0.1) is 0 Å². The van der Waals surface area contributed by atoms with Crippen molar-refractivity contribution >= 4 is 46.3 Å². The molecule has 0 aliphatic rings. The topological polar surface area (TPSA) is 91.8 Å². The average Bonchev–Trinajstić information content (AvgIpc) is 2.77. The van der Waals surface area contributed by atoms with Crippen LogP contribution in [0.15, 0.2) is 79.3 Å². The molecule has 0 saturated heterocycles. The molecule has 2 heterocycles. The van der Waals surface area contributed by atoms with Crippen molar-refractivity contribution in [2.24, 2.45) is 0 Å². The molecule has 0 fully saturated rings. The Morgan fingerprint density at radius 1 is 0.812 bits per heavy atom. The van der Waals surface area contributed by atoms with Gasteiger partial charge >= 0.3 is 0 Å². The highest BCUT2D eigenvalue weighted by atomic mass is 35.5. The SMILES string of the molecule is Cc1ccnc(Nc2cc(Nc3ccc(NC(=O)Cc4ccc(Cl)cc4)cc3)ncn2)c1. The smallest absolute Gasteiger partial charge is 0.228 e. The molecule has 160 valence electrons. The van der Waals surface area contributed by atoms with Crippen molar-refractivity contribution in [3.63, 3.8) is 0 Å². The first-order valence-corrected chi connectivity index (χ1v) is 10.3. The maximum absolute atomic E-state index is 12.3. The predicted octanol–water partition coefficient (Wildman–Crippen LogP) is 5.50. The van der Waals surface area contributed by atoms with Crippen LogP contribution in [0, 0.1) is 6.92 Å². The minimum atomic E-state index is -0.0932. The van der Waals surface area contributed by atoms with Gasteiger partial charge in [0.25, 0.3) is 0 Å². The van der Waals surface area contributed by atoms with Crippen molar-refractivity contribution < 1.29 is 4.79 Å². The molecule has 8 heteroatoms. The Hall–Kier alpha value is -3.97. The number of hydrogen-bond acceptors (Lipinski definition) is 6. The molecule has 32 heavy (non-hydrogen) atoms. The number of aromatic nitrogens is 3. The summed E-state index contributed by atoms with van der Waals surface area (Å²) in [6.45, 7) is 2.00. The highest BCUT2D eigenvalue weighted by Gasteiger charge is 2.06. The van der Waals surface area contributed by atoms with Gasteiger partial charge in [-0.2, -0.15) is 0 Å². The van der Waals surface area contributed by atoms with Crippen LogP contribution in [-0.2, 0) is 11.2 Å². The van der Waals surface area contributed by atoms with E-state index in [0.717, 1.165) is 16.8 Å². The second-order valence-corrected chi connectivity index (χ2v) is 7.62. The molecule has 1 amide bonds. The van der Waals surface area contributed by atoms with E-state index in [-0.39, 0.29) is 12.3 Å². The van der Waals surface area contributed by atoms with Gasteiger partial charge in [-0.3, -0.25) is 4.79 Å². The number of carbonyl (C=O) groups excluding carboxylic acids is 1. The Morgan fingerprint density at radius 3 is 2.19 bits per heavy atom. The van der Waals surface area contributed by atoms with Gasteiger partial charge in [-0.1, -0.05) is 23.7 Å². The van der Waals surface area contributed by atoms with E-state index in [1.165, 1.54) is 6.33 Å². The van der Waals surface area contributed by atoms with E-state index in [0.29, 0.717) is 28.2 Å². The number of aryl methyl sites for hydroxylation is 1. The molecule has 4 aromatic rings. The maximum atomic E-state index is 12.3. The highest BCUT2D eigenvalue weighted by Crippen LogP contribution is 2.20.